The smallest absolute Gasteiger partial charge is 0.253 e. The van der Waals surface area contributed by atoms with E-state index in [9.17, 15) is 22.4 Å². The van der Waals surface area contributed by atoms with Crippen molar-refractivity contribution in [3.8, 4) is 0 Å². The Morgan fingerprint density at radius 3 is 2.56 bits per heavy atom. The predicted octanol–water partition coefficient (Wildman–Crippen LogP) is 3.39. The standard InChI is InChI=1S/C24H24FN3O5S/c25-18-9-11-20(12-10-18)34(31,32)28-13-3-5-17(16-28)23(29)27-22-8-2-1-7-21(22)24(30)26-15-19-6-4-14-33-19/h1-2,4,6-12,14,17H,3,5,13,15-16H2,(H,26,30)(H,27,29)/t17-/m0/s1. The van der Waals surface area contributed by atoms with Crippen LogP contribution in [0.25, 0.3) is 0 Å². The molecule has 10 heteroatoms. The minimum absolute atomic E-state index is 0.00159. The van der Waals surface area contributed by atoms with E-state index in [2.05, 4.69) is 10.6 Å². The zero-order valence-corrected chi connectivity index (χ0v) is 19.1. The summed E-state index contributed by atoms with van der Waals surface area (Å²) in [5, 5.41) is 5.52. The van der Waals surface area contributed by atoms with Crippen molar-refractivity contribution in [2.45, 2.75) is 24.3 Å². The van der Waals surface area contributed by atoms with Crippen LogP contribution in [-0.4, -0.2) is 37.6 Å². The fourth-order valence-electron chi connectivity index (χ4n) is 3.83. The van der Waals surface area contributed by atoms with Gasteiger partial charge >= 0.3 is 0 Å². The number of anilines is 1. The monoisotopic (exact) mass is 485 g/mol. The van der Waals surface area contributed by atoms with Gasteiger partial charge in [-0.05, 0) is 61.4 Å². The molecule has 2 aromatic carbocycles. The number of benzene rings is 2. The van der Waals surface area contributed by atoms with Crippen LogP contribution in [0.15, 0.2) is 76.2 Å². The van der Waals surface area contributed by atoms with Crippen LogP contribution in [0.4, 0.5) is 10.1 Å². The zero-order chi connectivity index (χ0) is 24.1. The van der Waals surface area contributed by atoms with Gasteiger partial charge < -0.3 is 15.1 Å². The van der Waals surface area contributed by atoms with Gasteiger partial charge in [0.1, 0.15) is 11.6 Å². The molecule has 4 rings (SSSR count). The van der Waals surface area contributed by atoms with Crippen molar-refractivity contribution < 1.29 is 26.8 Å². The van der Waals surface area contributed by atoms with Crippen molar-refractivity contribution in [1.29, 1.82) is 0 Å². The van der Waals surface area contributed by atoms with E-state index in [1.165, 1.54) is 22.7 Å². The van der Waals surface area contributed by atoms with Crippen molar-refractivity contribution in [3.05, 3.63) is 84.1 Å². The maximum atomic E-state index is 13.2. The number of carbonyl (C=O) groups is 2. The highest BCUT2D eigenvalue weighted by Gasteiger charge is 2.33. The number of carbonyl (C=O) groups excluding carboxylic acids is 2. The number of halogens is 1. The van der Waals surface area contributed by atoms with E-state index < -0.39 is 21.8 Å². The molecule has 1 fully saturated rings. The van der Waals surface area contributed by atoms with Gasteiger partial charge in [0.05, 0.1) is 34.9 Å². The fraction of sp³-hybridized carbons (Fsp3) is 0.250. The van der Waals surface area contributed by atoms with E-state index in [4.69, 9.17) is 4.42 Å². The average molecular weight is 486 g/mol. The minimum atomic E-state index is -3.85. The van der Waals surface area contributed by atoms with E-state index in [0.717, 1.165) is 12.1 Å². The lowest BCUT2D eigenvalue weighted by Gasteiger charge is -2.31. The Kier molecular flexibility index (Phi) is 7.09. The highest BCUT2D eigenvalue weighted by atomic mass is 32.2. The average Bonchev–Trinajstić information content (AvgIpc) is 3.37. The second kappa shape index (κ2) is 10.2. The largest absolute Gasteiger partial charge is 0.467 e. The van der Waals surface area contributed by atoms with Crippen molar-refractivity contribution in [3.63, 3.8) is 0 Å². The number of hydrogen-bond donors (Lipinski definition) is 2. The number of rotatable bonds is 7. The van der Waals surface area contributed by atoms with Crippen LogP contribution >= 0.6 is 0 Å². The van der Waals surface area contributed by atoms with E-state index in [0.29, 0.717) is 24.3 Å². The fourth-order valence-corrected chi connectivity index (χ4v) is 5.35. The molecule has 178 valence electrons. The summed E-state index contributed by atoms with van der Waals surface area (Å²) in [5.41, 5.74) is 0.622. The lowest BCUT2D eigenvalue weighted by atomic mass is 9.98. The number of nitrogens with one attached hydrogen (secondary N) is 2. The topological polar surface area (TPSA) is 109 Å². The number of furan rings is 1. The molecule has 0 bridgehead atoms. The first-order valence-corrected chi connectivity index (χ1v) is 12.2. The Morgan fingerprint density at radius 2 is 1.82 bits per heavy atom. The van der Waals surface area contributed by atoms with Gasteiger partial charge in [-0.15, -0.1) is 0 Å². The molecule has 1 aliphatic heterocycles. The van der Waals surface area contributed by atoms with Gasteiger partial charge in [-0.2, -0.15) is 4.31 Å². The van der Waals surface area contributed by atoms with E-state index in [1.54, 1.807) is 36.4 Å². The van der Waals surface area contributed by atoms with Crippen LogP contribution in [0, 0.1) is 11.7 Å². The highest BCUT2D eigenvalue weighted by molar-refractivity contribution is 7.89. The molecule has 1 aromatic heterocycles. The molecule has 2 N–H and O–H groups in total. The summed E-state index contributed by atoms with van der Waals surface area (Å²) >= 11 is 0. The van der Waals surface area contributed by atoms with Crippen molar-refractivity contribution in [1.82, 2.24) is 9.62 Å². The quantitative estimate of drug-likeness (QED) is 0.533. The van der Waals surface area contributed by atoms with Crippen molar-refractivity contribution in [2.24, 2.45) is 5.92 Å². The first-order valence-electron chi connectivity index (χ1n) is 10.8. The minimum Gasteiger partial charge on any atom is -0.467 e. The highest BCUT2D eigenvalue weighted by Crippen LogP contribution is 2.26. The second-order valence-electron chi connectivity index (χ2n) is 7.95. The van der Waals surface area contributed by atoms with Gasteiger partial charge in [-0.3, -0.25) is 9.59 Å². The summed E-state index contributed by atoms with van der Waals surface area (Å²) in [7, 11) is -3.85. The van der Waals surface area contributed by atoms with E-state index in [-0.39, 0.29) is 41.9 Å². The van der Waals surface area contributed by atoms with Gasteiger partial charge in [0.2, 0.25) is 15.9 Å². The van der Waals surface area contributed by atoms with Crippen LogP contribution < -0.4 is 10.6 Å². The summed E-state index contributed by atoms with van der Waals surface area (Å²) in [6, 6.07) is 14.7. The molecule has 34 heavy (non-hydrogen) atoms. The van der Waals surface area contributed by atoms with Crippen LogP contribution in [0.5, 0.6) is 0 Å². The van der Waals surface area contributed by atoms with Crippen LogP contribution in [-0.2, 0) is 21.4 Å². The first kappa shape index (κ1) is 23.7. The number of piperidine rings is 1. The molecule has 0 saturated carbocycles. The van der Waals surface area contributed by atoms with Gasteiger partial charge in [0, 0.05) is 13.1 Å². The summed E-state index contributed by atoms with van der Waals surface area (Å²) in [6.07, 6.45) is 2.53. The van der Waals surface area contributed by atoms with E-state index >= 15 is 0 Å². The van der Waals surface area contributed by atoms with Crippen LogP contribution in [0.3, 0.4) is 0 Å². The molecule has 2 heterocycles. The SMILES string of the molecule is O=C(NCc1ccco1)c1ccccc1NC(=O)[C@H]1CCCN(S(=O)(=O)c2ccc(F)cc2)C1. The number of hydrogen-bond acceptors (Lipinski definition) is 5. The lowest BCUT2D eigenvalue weighted by molar-refractivity contribution is -0.120. The molecule has 0 radical (unpaired) electrons. The normalized spacial score (nSPS) is 16.7. The number of amides is 2. The summed E-state index contributed by atoms with van der Waals surface area (Å²) < 4.78 is 45.6. The molecule has 0 aliphatic carbocycles. The molecule has 0 spiro atoms. The van der Waals surface area contributed by atoms with Gasteiger partial charge in [-0.25, -0.2) is 12.8 Å². The second-order valence-corrected chi connectivity index (χ2v) is 9.89. The maximum Gasteiger partial charge on any atom is 0.253 e. The number of para-hydroxylation sites is 1. The molecule has 2 amide bonds. The van der Waals surface area contributed by atoms with E-state index in [1.807, 2.05) is 0 Å². The van der Waals surface area contributed by atoms with Gasteiger partial charge in [0.15, 0.2) is 0 Å². The Labute approximate surface area is 196 Å². The van der Waals surface area contributed by atoms with Gasteiger partial charge in [-0.1, -0.05) is 12.1 Å². The molecule has 1 atom stereocenters. The maximum absolute atomic E-state index is 13.2. The Morgan fingerprint density at radius 1 is 1.06 bits per heavy atom. The lowest BCUT2D eigenvalue weighted by Crippen LogP contribution is -2.43. The molecule has 1 saturated heterocycles. The number of nitrogens with zero attached hydrogens (tertiary/aromatic N) is 1. The van der Waals surface area contributed by atoms with Crippen molar-refractivity contribution >= 4 is 27.5 Å². The zero-order valence-electron chi connectivity index (χ0n) is 18.2. The Balaban J connectivity index is 1.43. The molecule has 8 nitrogen and oxygen atoms in total. The predicted molar refractivity (Wildman–Crippen MR) is 123 cm³/mol. The Bertz CT molecular complexity index is 1260. The van der Waals surface area contributed by atoms with Crippen LogP contribution in [0.1, 0.15) is 29.0 Å². The third-order valence-corrected chi connectivity index (χ3v) is 7.52. The summed E-state index contributed by atoms with van der Waals surface area (Å²) in [4.78, 5) is 25.7. The molecular weight excluding hydrogens is 461 g/mol. The number of sulfonamides is 1. The first-order chi connectivity index (χ1) is 16.3. The van der Waals surface area contributed by atoms with Gasteiger partial charge in [0.25, 0.3) is 5.91 Å². The molecule has 1 aliphatic rings. The van der Waals surface area contributed by atoms with Crippen LogP contribution in [0.2, 0.25) is 0 Å². The summed E-state index contributed by atoms with van der Waals surface area (Å²) in [5.74, 6) is -1.27. The molecule has 0 unspecified atom stereocenters. The summed E-state index contributed by atoms with van der Waals surface area (Å²) in [6.45, 7) is 0.473. The third-order valence-electron chi connectivity index (χ3n) is 5.64. The molecular formula is C24H24FN3O5S. The third kappa shape index (κ3) is 5.35. The Hall–Kier alpha value is -3.50. The molecule has 3 aromatic rings. The van der Waals surface area contributed by atoms with Crippen molar-refractivity contribution in [2.75, 3.05) is 18.4 Å².